The fraction of sp³-hybridized carbons (Fsp3) is 0.625. The molecule has 0 aliphatic heterocycles. The van der Waals surface area contributed by atoms with Gasteiger partial charge in [0.05, 0.1) is 13.0 Å². The molecule has 0 aromatic carbocycles. The first-order valence-corrected chi connectivity index (χ1v) is 3.48. The Morgan fingerprint density at radius 1 is 1.80 bits per heavy atom. The summed E-state index contributed by atoms with van der Waals surface area (Å²) in [6, 6.07) is 0. The molecule has 0 saturated heterocycles. The molecule has 10 heavy (non-hydrogen) atoms. The molecule has 0 N–H and O–H groups in total. The third-order valence-corrected chi connectivity index (χ3v) is 2.06. The van der Waals surface area contributed by atoms with Crippen LogP contribution in [0.5, 0.6) is 0 Å². The van der Waals surface area contributed by atoms with Gasteiger partial charge < -0.3 is 4.74 Å². The number of hydrogen-bond donors (Lipinski definition) is 0. The quantitative estimate of drug-likeness (QED) is 0.427. The summed E-state index contributed by atoms with van der Waals surface area (Å²) in [4.78, 5) is 10.9. The molecule has 0 aromatic rings. The van der Waals surface area contributed by atoms with E-state index in [0.29, 0.717) is 5.92 Å². The van der Waals surface area contributed by atoms with Crippen molar-refractivity contribution in [2.24, 2.45) is 11.8 Å². The standard InChI is InChI=1S/C8H12O2/c1-4-6-5(2)7(6)8(9)10-3/h6-7H,2,4H2,1,3H3/t6-,7-/m1/s1. The van der Waals surface area contributed by atoms with Crippen molar-refractivity contribution in [3.63, 3.8) is 0 Å². The molecular formula is C8H12O2. The van der Waals surface area contributed by atoms with Gasteiger partial charge in [-0.1, -0.05) is 19.1 Å². The maximum atomic E-state index is 10.9. The molecule has 2 heteroatoms. The van der Waals surface area contributed by atoms with E-state index in [2.05, 4.69) is 18.2 Å². The molecule has 0 radical (unpaired) electrons. The van der Waals surface area contributed by atoms with E-state index in [1.807, 2.05) is 0 Å². The van der Waals surface area contributed by atoms with Crippen molar-refractivity contribution in [3.05, 3.63) is 12.2 Å². The van der Waals surface area contributed by atoms with Crippen molar-refractivity contribution < 1.29 is 9.53 Å². The Labute approximate surface area is 60.9 Å². The molecule has 1 saturated carbocycles. The molecule has 0 aromatic heterocycles. The summed E-state index contributed by atoms with van der Waals surface area (Å²) < 4.78 is 4.58. The molecule has 0 spiro atoms. The molecule has 0 amide bonds. The Morgan fingerprint density at radius 3 is 2.70 bits per heavy atom. The molecular weight excluding hydrogens is 128 g/mol. The number of methoxy groups -OCH3 is 1. The highest BCUT2D eigenvalue weighted by Gasteiger charge is 2.47. The zero-order valence-corrected chi connectivity index (χ0v) is 6.39. The summed E-state index contributed by atoms with van der Waals surface area (Å²) in [6.45, 7) is 5.82. The van der Waals surface area contributed by atoms with Crippen molar-refractivity contribution >= 4 is 5.97 Å². The second kappa shape index (κ2) is 2.45. The monoisotopic (exact) mass is 140 g/mol. The second-order valence-electron chi connectivity index (χ2n) is 2.59. The summed E-state index contributed by atoms with van der Waals surface area (Å²) in [7, 11) is 1.42. The Hall–Kier alpha value is -0.790. The van der Waals surface area contributed by atoms with E-state index in [-0.39, 0.29) is 11.9 Å². The molecule has 1 rings (SSSR count). The highest BCUT2D eigenvalue weighted by molar-refractivity contribution is 5.81. The van der Waals surface area contributed by atoms with E-state index in [1.54, 1.807) is 0 Å². The Balaban J connectivity index is 2.48. The van der Waals surface area contributed by atoms with Gasteiger partial charge in [-0.05, 0) is 12.3 Å². The third kappa shape index (κ3) is 0.939. The zero-order valence-electron chi connectivity index (χ0n) is 6.39. The van der Waals surface area contributed by atoms with Crippen LogP contribution in [0.3, 0.4) is 0 Å². The predicted octanol–water partition coefficient (Wildman–Crippen LogP) is 1.37. The Bertz CT molecular complexity index is 172. The lowest BCUT2D eigenvalue weighted by atomic mass is 10.2. The van der Waals surface area contributed by atoms with Crippen molar-refractivity contribution in [2.75, 3.05) is 7.11 Å². The Kier molecular flexibility index (Phi) is 1.79. The molecule has 1 aliphatic rings. The van der Waals surface area contributed by atoms with E-state index in [9.17, 15) is 4.79 Å². The van der Waals surface area contributed by atoms with E-state index in [1.165, 1.54) is 7.11 Å². The third-order valence-electron chi connectivity index (χ3n) is 2.06. The number of ether oxygens (including phenoxy) is 1. The van der Waals surface area contributed by atoms with Gasteiger partial charge in [0.15, 0.2) is 0 Å². The minimum atomic E-state index is -0.128. The van der Waals surface area contributed by atoms with Crippen LogP contribution in [-0.4, -0.2) is 13.1 Å². The SMILES string of the molecule is C=C1[C@@H](C(=O)OC)[C@@H]1CC. The number of carbonyl (C=O) groups is 1. The number of esters is 1. The van der Waals surface area contributed by atoms with Gasteiger partial charge in [0.2, 0.25) is 0 Å². The maximum absolute atomic E-state index is 10.9. The van der Waals surface area contributed by atoms with Gasteiger partial charge in [-0.15, -0.1) is 0 Å². The number of carbonyl (C=O) groups excluding carboxylic acids is 1. The Morgan fingerprint density at radius 2 is 2.40 bits per heavy atom. The smallest absolute Gasteiger partial charge is 0.313 e. The molecule has 56 valence electrons. The largest absolute Gasteiger partial charge is 0.469 e. The van der Waals surface area contributed by atoms with E-state index in [0.717, 1.165) is 12.0 Å². The maximum Gasteiger partial charge on any atom is 0.313 e. The van der Waals surface area contributed by atoms with E-state index < -0.39 is 0 Å². The zero-order chi connectivity index (χ0) is 7.72. The highest BCUT2D eigenvalue weighted by atomic mass is 16.5. The molecule has 0 heterocycles. The van der Waals surface area contributed by atoms with E-state index in [4.69, 9.17) is 0 Å². The van der Waals surface area contributed by atoms with Crippen LogP contribution in [0.25, 0.3) is 0 Å². The van der Waals surface area contributed by atoms with Crippen LogP contribution in [0, 0.1) is 11.8 Å². The first-order valence-electron chi connectivity index (χ1n) is 3.48. The highest BCUT2D eigenvalue weighted by Crippen LogP contribution is 2.47. The van der Waals surface area contributed by atoms with Crippen LogP contribution in [0.4, 0.5) is 0 Å². The van der Waals surface area contributed by atoms with Crippen molar-refractivity contribution in [2.45, 2.75) is 13.3 Å². The second-order valence-corrected chi connectivity index (χ2v) is 2.59. The van der Waals surface area contributed by atoms with Crippen LogP contribution < -0.4 is 0 Å². The summed E-state index contributed by atoms with van der Waals surface area (Å²) in [5.74, 6) is 0.277. The molecule has 2 atom stereocenters. The van der Waals surface area contributed by atoms with Crippen LogP contribution in [-0.2, 0) is 9.53 Å². The fourth-order valence-corrected chi connectivity index (χ4v) is 1.32. The van der Waals surface area contributed by atoms with Crippen molar-refractivity contribution in [3.8, 4) is 0 Å². The summed E-state index contributed by atoms with van der Waals surface area (Å²) in [5, 5.41) is 0. The van der Waals surface area contributed by atoms with Crippen LogP contribution in [0.1, 0.15) is 13.3 Å². The number of hydrogen-bond acceptors (Lipinski definition) is 2. The average Bonchev–Trinajstić information content (AvgIpc) is 2.59. The molecule has 1 aliphatic carbocycles. The lowest BCUT2D eigenvalue weighted by Crippen LogP contribution is -2.03. The molecule has 0 unspecified atom stereocenters. The molecule has 0 bridgehead atoms. The number of rotatable bonds is 2. The topological polar surface area (TPSA) is 26.3 Å². The van der Waals surface area contributed by atoms with Gasteiger partial charge in [0.25, 0.3) is 0 Å². The van der Waals surface area contributed by atoms with Gasteiger partial charge in [-0.25, -0.2) is 0 Å². The normalized spacial score (nSPS) is 30.0. The first kappa shape index (κ1) is 7.32. The minimum Gasteiger partial charge on any atom is -0.469 e. The van der Waals surface area contributed by atoms with E-state index >= 15 is 0 Å². The molecule has 1 fully saturated rings. The van der Waals surface area contributed by atoms with Crippen LogP contribution >= 0.6 is 0 Å². The first-order chi connectivity index (χ1) is 4.72. The van der Waals surface area contributed by atoms with Crippen LogP contribution in [0.2, 0.25) is 0 Å². The molecule has 2 nitrogen and oxygen atoms in total. The van der Waals surface area contributed by atoms with Gasteiger partial charge in [-0.2, -0.15) is 0 Å². The van der Waals surface area contributed by atoms with Gasteiger partial charge >= 0.3 is 5.97 Å². The minimum absolute atomic E-state index is 0.00926. The van der Waals surface area contributed by atoms with Gasteiger partial charge in [-0.3, -0.25) is 4.79 Å². The van der Waals surface area contributed by atoms with Gasteiger partial charge in [0, 0.05) is 0 Å². The van der Waals surface area contributed by atoms with Crippen LogP contribution in [0.15, 0.2) is 12.2 Å². The lowest BCUT2D eigenvalue weighted by Gasteiger charge is -1.92. The summed E-state index contributed by atoms with van der Waals surface area (Å²) >= 11 is 0. The predicted molar refractivity (Wildman–Crippen MR) is 38.4 cm³/mol. The lowest BCUT2D eigenvalue weighted by molar-refractivity contribution is -0.142. The van der Waals surface area contributed by atoms with Crippen molar-refractivity contribution in [1.82, 2.24) is 0 Å². The average molecular weight is 140 g/mol. The summed E-state index contributed by atoms with van der Waals surface area (Å²) in [6.07, 6.45) is 0.999. The fourth-order valence-electron chi connectivity index (χ4n) is 1.32. The summed E-state index contributed by atoms with van der Waals surface area (Å²) in [5.41, 5.74) is 1.04. The van der Waals surface area contributed by atoms with Crippen molar-refractivity contribution in [1.29, 1.82) is 0 Å². The van der Waals surface area contributed by atoms with Gasteiger partial charge in [0.1, 0.15) is 0 Å².